The number of carbonyl (C=O) groups excluding carboxylic acids is 2. The van der Waals surface area contributed by atoms with Crippen LogP contribution in [0.4, 0.5) is 4.79 Å². The Kier molecular flexibility index (Phi) is 5.07. The number of benzene rings is 2. The Morgan fingerprint density at radius 2 is 1.93 bits per heavy atom. The van der Waals surface area contributed by atoms with Crippen molar-refractivity contribution in [1.29, 1.82) is 0 Å². The van der Waals surface area contributed by atoms with Crippen molar-refractivity contribution in [3.8, 4) is 11.5 Å². The second kappa shape index (κ2) is 7.39. The molecule has 0 spiro atoms. The summed E-state index contributed by atoms with van der Waals surface area (Å²) in [4.78, 5) is 27.5. The van der Waals surface area contributed by atoms with Gasteiger partial charge >= 0.3 is 6.03 Å². The number of halogens is 2. The molecule has 2 aromatic rings. The van der Waals surface area contributed by atoms with E-state index in [1.807, 2.05) is 0 Å². The molecule has 0 saturated carbocycles. The highest BCUT2D eigenvalue weighted by Crippen LogP contribution is 2.38. The summed E-state index contributed by atoms with van der Waals surface area (Å²) in [6, 6.07) is 9.99. The number of amides is 3. The summed E-state index contributed by atoms with van der Waals surface area (Å²) in [7, 11) is 0. The van der Waals surface area contributed by atoms with E-state index in [0.717, 1.165) is 4.90 Å². The summed E-state index contributed by atoms with van der Waals surface area (Å²) in [5.74, 6) is 1.37. The van der Waals surface area contributed by atoms with Crippen molar-refractivity contribution in [2.24, 2.45) is 0 Å². The minimum Gasteiger partial charge on any atom is -0.454 e. The van der Waals surface area contributed by atoms with Crippen LogP contribution in [0.5, 0.6) is 11.5 Å². The van der Waals surface area contributed by atoms with Crippen LogP contribution >= 0.6 is 35.0 Å². The number of thioether (sulfide) groups is 1. The molecule has 6 nitrogen and oxygen atoms in total. The first-order valence-electron chi connectivity index (χ1n) is 8.50. The first-order valence-corrected chi connectivity index (χ1v) is 10.2. The molecular weight excluding hydrogens is 423 g/mol. The molecule has 1 N–H and O–H groups in total. The first-order chi connectivity index (χ1) is 13.4. The topological polar surface area (TPSA) is 67.9 Å². The predicted octanol–water partition coefficient (Wildman–Crippen LogP) is 4.28. The number of hydrogen-bond acceptors (Lipinski definition) is 5. The number of nitrogens with one attached hydrogen (secondary N) is 1. The van der Waals surface area contributed by atoms with Crippen molar-refractivity contribution in [3.63, 3.8) is 0 Å². The Hall–Kier alpha value is -2.09. The summed E-state index contributed by atoms with van der Waals surface area (Å²) in [6.07, 6.45) is 0. The van der Waals surface area contributed by atoms with Crippen molar-refractivity contribution >= 4 is 46.9 Å². The highest BCUT2D eigenvalue weighted by atomic mass is 35.5. The third kappa shape index (κ3) is 3.38. The smallest absolute Gasteiger partial charge is 0.325 e. The molecule has 1 fully saturated rings. The van der Waals surface area contributed by atoms with Gasteiger partial charge < -0.3 is 14.8 Å². The van der Waals surface area contributed by atoms with E-state index in [1.165, 1.54) is 16.7 Å². The van der Waals surface area contributed by atoms with Crippen molar-refractivity contribution in [2.45, 2.75) is 17.4 Å². The molecule has 1 unspecified atom stereocenters. The molecular formula is C19H16Cl2N2O4S. The molecule has 28 heavy (non-hydrogen) atoms. The molecule has 1 atom stereocenters. The van der Waals surface area contributed by atoms with Crippen LogP contribution in [0, 0.1) is 0 Å². The minimum absolute atomic E-state index is 0.144. The van der Waals surface area contributed by atoms with Gasteiger partial charge in [-0.05, 0) is 42.8 Å². The maximum atomic E-state index is 13.0. The Morgan fingerprint density at radius 1 is 1.14 bits per heavy atom. The van der Waals surface area contributed by atoms with Gasteiger partial charge in [-0.1, -0.05) is 29.3 Å². The summed E-state index contributed by atoms with van der Waals surface area (Å²) in [5.41, 5.74) is -0.515. The van der Waals surface area contributed by atoms with Crippen LogP contribution in [0.2, 0.25) is 10.0 Å². The molecule has 2 aliphatic heterocycles. The molecule has 2 aromatic carbocycles. The van der Waals surface area contributed by atoms with Crippen LogP contribution in [0.15, 0.2) is 41.3 Å². The van der Waals surface area contributed by atoms with Crippen LogP contribution in [-0.2, 0) is 10.3 Å². The summed E-state index contributed by atoms with van der Waals surface area (Å²) in [5, 5.41) is 3.95. The van der Waals surface area contributed by atoms with Crippen LogP contribution in [0.1, 0.15) is 12.5 Å². The van der Waals surface area contributed by atoms with Gasteiger partial charge in [0.15, 0.2) is 11.5 Å². The zero-order chi connectivity index (χ0) is 19.9. The first kappa shape index (κ1) is 19.2. The number of urea groups is 1. The normalized spacial score (nSPS) is 20.6. The quantitative estimate of drug-likeness (QED) is 0.557. The van der Waals surface area contributed by atoms with Crippen molar-refractivity contribution in [2.75, 3.05) is 19.1 Å². The van der Waals surface area contributed by atoms with Gasteiger partial charge in [0.2, 0.25) is 6.79 Å². The lowest BCUT2D eigenvalue weighted by Gasteiger charge is -2.22. The van der Waals surface area contributed by atoms with Gasteiger partial charge in [-0.25, -0.2) is 4.79 Å². The zero-order valence-electron chi connectivity index (χ0n) is 14.8. The molecule has 0 aliphatic carbocycles. The monoisotopic (exact) mass is 438 g/mol. The zero-order valence-corrected chi connectivity index (χ0v) is 17.2. The van der Waals surface area contributed by atoms with Crippen molar-refractivity contribution in [3.05, 3.63) is 52.0 Å². The van der Waals surface area contributed by atoms with E-state index in [4.69, 9.17) is 32.7 Å². The summed E-state index contributed by atoms with van der Waals surface area (Å²) >= 11 is 13.6. The number of carbonyl (C=O) groups is 2. The number of ether oxygens (including phenoxy) is 2. The van der Waals surface area contributed by atoms with E-state index in [0.29, 0.717) is 32.9 Å². The molecule has 9 heteroatoms. The SMILES string of the molecule is CC1(c2ccc3c(c2)OCO3)NC(=O)N(CCSc2cc(Cl)ccc2Cl)C1=O. The van der Waals surface area contributed by atoms with Gasteiger partial charge in [0.25, 0.3) is 5.91 Å². The number of nitrogens with zero attached hydrogens (tertiary/aromatic N) is 1. The van der Waals surface area contributed by atoms with E-state index in [9.17, 15) is 9.59 Å². The highest BCUT2D eigenvalue weighted by molar-refractivity contribution is 7.99. The fourth-order valence-corrected chi connectivity index (χ4v) is 4.57. The minimum atomic E-state index is -1.16. The molecule has 0 aromatic heterocycles. The average molecular weight is 439 g/mol. The fourth-order valence-electron chi connectivity index (χ4n) is 3.14. The number of rotatable bonds is 5. The molecule has 1 saturated heterocycles. The average Bonchev–Trinajstić information content (AvgIpc) is 3.22. The predicted molar refractivity (Wildman–Crippen MR) is 107 cm³/mol. The molecule has 2 aliphatic rings. The van der Waals surface area contributed by atoms with Crippen LogP contribution in [-0.4, -0.2) is 35.9 Å². The molecule has 2 heterocycles. The number of hydrogen-bond donors (Lipinski definition) is 1. The maximum absolute atomic E-state index is 13.0. The lowest BCUT2D eigenvalue weighted by atomic mass is 9.91. The fraction of sp³-hybridized carbons (Fsp3) is 0.263. The van der Waals surface area contributed by atoms with E-state index in [-0.39, 0.29) is 19.2 Å². The lowest BCUT2D eigenvalue weighted by Crippen LogP contribution is -2.41. The van der Waals surface area contributed by atoms with E-state index in [1.54, 1.807) is 43.3 Å². The summed E-state index contributed by atoms with van der Waals surface area (Å²) < 4.78 is 10.7. The summed E-state index contributed by atoms with van der Waals surface area (Å²) in [6.45, 7) is 2.08. The molecule has 4 rings (SSSR count). The lowest BCUT2D eigenvalue weighted by molar-refractivity contribution is -0.130. The van der Waals surface area contributed by atoms with Gasteiger partial charge in [0.05, 0.1) is 5.02 Å². The Balaban J connectivity index is 1.47. The van der Waals surface area contributed by atoms with Gasteiger partial charge in [-0.3, -0.25) is 9.69 Å². The van der Waals surface area contributed by atoms with Crippen LogP contribution in [0.3, 0.4) is 0 Å². The van der Waals surface area contributed by atoms with E-state index < -0.39 is 11.6 Å². The largest absolute Gasteiger partial charge is 0.454 e. The van der Waals surface area contributed by atoms with E-state index in [2.05, 4.69) is 5.32 Å². The second-order valence-corrected chi connectivity index (χ2v) is 8.48. The molecule has 0 bridgehead atoms. The third-order valence-electron chi connectivity index (χ3n) is 4.69. The highest BCUT2D eigenvalue weighted by Gasteiger charge is 2.49. The molecule has 146 valence electrons. The van der Waals surface area contributed by atoms with Crippen molar-refractivity contribution < 1.29 is 19.1 Å². The van der Waals surface area contributed by atoms with Gasteiger partial charge in [0.1, 0.15) is 5.54 Å². The van der Waals surface area contributed by atoms with Crippen LogP contribution in [0.25, 0.3) is 0 Å². The maximum Gasteiger partial charge on any atom is 0.325 e. The van der Waals surface area contributed by atoms with Gasteiger partial charge in [-0.15, -0.1) is 11.8 Å². The number of fused-ring (bicyclic) bond motifs is 1. The Bertz CT molecular complexity index is 971. The second-order valence-electron chi connectivity index (χ2n) is 6.50. The van der Waals surface area contributed by atoms with Gasteiger partial charge in [0, 0.05) is 22.2 Å². The Labute approximate surface area is 176 Å². The standard InChI is InChI=1S/C19H16Cl2N2O4S/c1-19(11-2-5-14-15(8-11)27-10-26-14)17(24)23(18(25)22-19)6-7-28-16-9-12(20)3-4-13(16)21/h2-5,8-9H,6-7,10H2,1H3,(H,22,25). The molecule has 0 radical (unpaired) electrons. The molecule has 3 amide bonds. The van der Waals surface area contributed by atoms with Crippen molar-refractivity contribution in [1.82, 2.24) is 10.2 Å². The van der Waals surface area contributed by atoms with Crippen LogP contribution < -0.4 is 14.8 Å². The third-order valence-corrected chi connectivity index (χ3v) is 6.40. The van der Waals surface area contributed by atoms with E-state index >= 15 is 0 Å². The number of imide groups is 1. The Morgan fingerprint density at radius 3 is 2.75 bits per heavy atom. The van der Waals surface area contributed by atoms with Gasteiger partial charge in [-0.2, -0.15) is 0 Å².